The molecule has 1 atom stereocenters. The van der Waals surface area contributed by atoms with Crippen molar-refractivity contribution in [3.63, 3.8) is 0 Å². The third kappa shape index (κ3) is 4.63. The van der Waals surface area contributed by atoms with Crippen LogP contribution >= 0.6 is 11.3 Å². The molecule has 150 valence electrons. The minimum Gasteiger partial charge on any atom is -0.392 e. The van der Waals surface area contributed by atoms with E-state index in [0.717, 1.165) is 57.4 Å². The number of anilines is 1. The van der Waals surface area contributed by atoms with Crippen LogP contribution in [-0.4, -0.2) is 71.2 Å². The van der Waals surface area contributed by atoms with Gasteiger partial charge in [-0.15, -0.1) is 11.3 Å². The van der Waals surface area contributed by atoms with E-state index in [1.807, 2.05) is 11.6 Å². The Morgan fingerprint density at radius 1 is 1.18 bits per heavy atom. The van der Waals surface area contributed by atoms with Gasteiger partial charge in [0, 0.05) is 57.4 Å². The van der Waals surface area contributed by atoms with Crippen LogP contribution in [0, 0.1) is 0 Å². The SMILES string of the molecule is NC(=NCc1ccccc1CN1CCC(O)C1)N1CCN(c2nccs2)CC1. The zero-order chi connectivity index (χ0) is 19.3. The summed E-state index contributed by atoms with van der Waals surface area (Å²) in [6.07, 6.45) is 2.52. The van der Waals surface area contributed by atoms with E-state index in [2.05, 4.69) is 48.9 Å². The van der Waals surface area contributed by atoms with Gasteiger partial charge in [0.1, 0.15) is 0 Å². The lowest BCUT2D eigenvalue weighted by atomic mass is 10.1. The average molecular weight is 401 g/mol. The van der Waals surface area contributed by atoms with Gasteiger partial charge in [0.25, 0.3) is 0 Å². The molecule has 8 heteroatoms. The number of aromatic nitrogens is 1. The van der Waals surface area contributed by atoms with Crippen LogP contribution in [0.15, 0.2) is 40.8 Å². The Balaban J connectivity index is 1.34. The number of nitrogens with zero attached hydrogens (tertiary/aromatic N) is 5. The Hall–Kier alpha value is -2.16. The molecule has 0 saturated carbocycles. The number of benzene rings is 1. The number of hydrogen-bond acceptors (Lipinski definition) is 6. The largest absolute Gasteiger partial charge is 0.392 e. The van der Waals surface area contributed by atoms with E-state index in [1.165, 1.54) is 11.1 Å². The van der Waals surface area contributed by atoms with Gasteiger partial charge in [0.15, 0.2) is 11.1 Å². The van der Waals surface area contributed by atoms with Crippen molar-refractivity contribution in [2.24, 2.45) is 10.7 Å². The normalized spacial score (nSPS) is 21.5. The van der Waals surface area contributed by atoms with Crippen molar-refractivity contribution in [2.45, 2.75) is 25.6 Å². The quantitative estimate of drug-likeness (QED) is 0.582. The van der Waals surface area contributed by atoms with Crippen LogP contribution < -0.4 is 10.6 Å². The highest BCUT2D eigenvalue weighted by Gasteiger charge is 2.21. The number of aliphatic hydroxyl groups excluding tert-OH is 1. The van der Waals surface area contributed by atoms with Crippen molar-refractivity contribution in [3.05, 3.63) is 47.0 Å². The van der Waals surface area contributed by atoms with Crippen LogP contribution in [0.25, 0.3) is 0 Å². The first-order valence-corrected chi connectivity index (χ1v) is 10.7. The van der Waals surface area contributed by atoms with E-state index in [4.69, 9.17) is 5.73 Å². The minimum absolute atomic E-state index is 0.191. The minimum atomic E-state index is -0.191. The molecule has 2 fully saturated rings. The fourth-order valence-electron chi connectivity index (χ4n) is 3.83. The van der Waals surface area contributed by atoms with Crippen LogP contribution in [0.5, 0.6) is 0 Å². The Labute approximate surface area is 170 Å². The average Bonchev–Trinajstić information content (AvgIpc) is 3.39. The van der Waals surface area contributed by atoms with Gasteiger partial charge in [0.2, 0.25) is 0 Å². The topological polar surface area (TPSA) is 81.2 Å². The number of nitrogens with two attached hydrogens (primary N) is 1. The summed E-state index contributed by atoms with van der Waals surface area (Å²) in [5, 5.41) is 12.8. The molecular formula is C20H28N6OS. The van der Waals surface area contributed by atoms with Gasteiger partial charge in [-0.05, 0) is 17.5 Å². The molecule has 1 unspecified atom stereocenters. The highest BCUT2D eigenvalue weighted by atomic mass is 32.1. The van der Waals surface area contributed by atoms with Gasteiger partial charge >= 0.3 is 0 Å². The second kappa shape index (κ2) is 8.89. The van der Waals surface area contributed by atoms with Crippen molar-refractivity contribution >= 4 is 22.4 Å². The van der Waals surface area contributed by atoms with Crippen molar-refractivity contribution in [1.82, 2.24) is 14.8 Å². The summed E-state index contributed by atoms with van der Waals surface area (Å²) in [7, 11) is 0. The van der Waals surface area contributed by atoms with E-state index >= 15 is 0 Å². The maximum Gasteiger partial charge on any atom is 0.191 e. The summed E-state index contributed by atoms with van der Waals surface area (Å²) in [6.45, 7) is 6.70. The molecule has 2 aliphatic heterocycles. The molecule has 0 spiro atoms. The molecular weight excluding hydrogens is 372 g/mol. The van der Waals surface area contributed by atoms with Gasteiger partial charge in [-0.2, -0.15) is 0 Å². The number of guanidine groups is 1. The molecule has 1 aromatic carbocycles. The number of β-amino-alcohol motifs (C(OH)–C–C–N with tert-alkyl or cyclic N) is 1. The van der Waals surface area contributed by atoms with Crippen molar-refractivity contribution in [3.8, 4) is 0 Å². The molecule has 2 aromatic rings. The molecule has 0 aliphatic carbocycles. The number of aliphatic imine (C=N–C) groups is 1. The fourth-order valence-corrected chi connectivity index (χ4v) is 4.52. The molecule has 7 nitrogen and oxygen atoms in total. The standard InChI is InChI=1S/C20H28N6OS/c21-19(25-8-10-26(11-9-25)20-22-6-12-28-20)23-13-16-3-1-2-4-17(16)14-24-7-5-18(27)15-24/h1-4,6,12,18,27H,5,7-11,13-15H2,(H2,21,23). The van der Waals surface area contributed by atoms with Crippen LogP contribution in [0.1, 0.15) is 17.5 Å². The third-order valence-corrected chi connectivity index (χ3v) is 6.30. The Morgan fingerprint density at radius 2 is 1.96 bits per heavy atom. The predicted molar refractivity (Wildman–Crippen MR) is 114 cm³/mol. The zero-order valence-electron chi connectivity index (χ0n) is 16.1. The lowest BCUT2D eigenvalue weighted by Crippen LogP contribution is -2.51. The molecule has 4 rings (SSSR count). The molecule has 0 amide bonds. The number of likely N-dealkylation sites (tertiary alicyclic amines) is 1. The van der Waals surface area contributed by atoms with Gasteiger partial charge in [-0.1, -0.05) is 24.3 Å². The first-order valence-electron chi connectivity index (χ1n) is 9.85. The monoisotopic (exact) mass is 400 g/mol. The lowest BCUT2D eigenvalue weighted by molar-refractivity contribution is 0.174. The fraction of sp³-hybridized carbons (Fsp3) is 0.500. The van der Waals surface area contributed by atoms with Crippen molar-refractivity contribution < 1.29 is 5.11 Å². The van der Waals surface area contributed by atoms with E-state index < -0.39 is 0 Å². The van der Waals surface area contributed by atoms with E-state index in [-0.39, 0.29) is 6.10 Å². The zero-order valence-corrected chi connectivity index (χ0v) is 16.9. The first kappa shape index (κ1) is 19.2. The van der Waals surface area contributed by atoms with Crippen LogP contribution in [0.4, 0.5) is 5.13 Å². The highest BCUT2D eigenvalue weighted by molar-refractivity contribution is 7.13. The number of rotatable bonds is 5. The number of aliphatic hydroxyl groups is 1. The molecule has 28 heavy (non-hydrogen) atoms. The van der Waals surface area contributed by atoms with E-state index in [1.54, 1.807) is 11.3 Å². The summed E-state index contributed by atoms with van der Waals surface area (Å²) in [4.78, 5) is 15.8. The summed E-state index contributed by atoms with van der Waals surface area (Å²) >= 11 is 1.68. The van der Waals surface area contributed by atoms with Gasteiger partial charge in [0.05, 0.1) is 12.6 Å². The smallest absolute Gasteiger partial charge is 0.191 e. The molecule has 3 N–H and O–H groups in total. The summed E-state index contributed by atoms with van der Waals surface area (Å²) in [6, 6.07) is 8.39. The molecule has 1 aromatic heterocycles. The van der Waals surface area contributed by atoms with Crippen molar-refractivity contribution in [1.29, 1.82) is 0 Å². The highest BCUT2D eigenvalue weighted by Crippen LogP contribution is 2.19. The van der Waals surface area contributed by atoms with Crippen LogP contribution in [0.3, 0.4) is 0 Å². The number of piperazine rings is 1. The van der Waals surface area contributed by atoms with Gasteiger partial charge in [-0.25, -0.2) is 9.98 Å². The van der Waals surface area contributed by atoms with E-state index in [0.29, 0.717) is 12.5 Å². The summed E-state index contributed by atoms with van der Waals surface area (Å²) < 4.78 is 0. The maximum atomic E-state index is 9.75. The third-order valence-electron chi connectivity index (χ3n) is 5.46. The summed E-state index contributed by atoms with van der Waals surface area (Å²) in [5.41, 5.74) is 8.76. The first-order chi connectivity index (χ1) is 13.7. The van der Waals surface area contributed by atoms with Gasteiger partial charge < -0.3 is 20.6 Å². The number of thiazole rings is 1. The Kier molecular flexibility index (Phi) is 6.09. The van der Waals surface area contributed by atoms with E-state index in [9.17, 15) is 5.11 Å². The van der Waals surface area contributed by atoms with Crippen LogP contribution in [-0.2, 0) is 13.1 Å². The van der Waals surface area contributed by atoms with Crippen molar-refractivity contribution in [2.75, 3.05) is 44.2 Å². The van der Waals surface area contributed by atoms with Crippen LogP contribution in [0.2, 0.25) is 0 Å². The molecule has 2 saturated heterocycles. The number of hydrogen-bond donors (Lipinski definition) is 2. The molecule has 3 heterocycles. The maximum absolute atomic E-state index is 9.75. The second-order valence-corrected chi connectivity index (χ2v) is 8.28. The summed E-state index contributed by atoms with van der Waals surface area (Å²) in [5.74, 6) is 0.616. The Morgan fingerprint density at radius 3 is 2.64 bits per heavy atom. The van der Waals surface area contributed by atoms with Gasteiger partial charge in [-0.3, -0.25) is 4.90 Å². The molecule has 0 radical (unpaired) electrons. The Bertz CT molecular complexity index is 788. The molecule has 0 bridgehead atoms. The lowest BCUT2D eigenvalue weighted by Gasteiger charge is -2.35. The predicted octanol–water partition coefficient (Wildman–Crippen LogP) is 1.35. The second-order valence-electron chi connectivity index (χ2n) is 7.41. The molecule has 2 aliphatic rings.